The predicted molar refractivity (Wildman–Crippen MR) is 122 cm³/mol. The first-order chi connectivity index (χ1) is 14.7. The van der Waals surface area contributed by atoms with Gasteiger partial charge < -0.3 is 4.57 Å². The molecule has 0 radical (unpaired) electrons. The molecule has 0 aliphatic carbocycles. The van der Waals surface area contributed by atoms with Crippen molar-refractivity contribution in [3.63, 3.8) is 0 Å². The molecule has 8 heteroatoms. The molecular formula is C22H23ClN6S. The smallest absolute Gasteiger partial charge is 0.251 e. The second-order valence-electron chi connectivity index (χ2n) is 7.01. The highest BCUT2D eigenvalue weighted by molar-refractivity contribution is 7.13. The maximum absolute atomic E-state index is 6.37. The molecule has 4 heterocycles. The Hall–Kier alpha value is -2.77. The Morgan fingerprint density at radius 1 is 1.23 bits per heavy atom. The van der Waals surface area contributed by atoms with Crippen molar-refractivity contribution in [2.45, 2.75) is 32.6 Å². The van der Waals surface area contributed by atoms with Crippen LogP contribution in [0.3, 0.4) is 0 Å². The number of halogens is 1. The number of aryl methyl sites for hydroxylation is 1. The highest BCUT2D eigenvalue weighted by atomic mass is 35.5. The van der Waals surface area contributed by atoms with E-state index in [9.17, 15) is 0 Å². The van der Waals surface area contributed by atoms with E-state index in [4.69, 9.17) is 16.6 Å². The van der Waals surface area contributed by atoms with E-state index in [0.717, 1.165) is 53.2 Å². The number of thiophene rings is 1. The maximum atomic E-state index is 6.37. The Labute approximate surface area is 184 Å². The van der Waals surface area contributed by atoms with Crippen molar-refractivity contribution in [2.24, 2.45) is 7.05 Å². The molecule has 4 aromatic heterocycles. The van der Waals surface area contributed by atoms with E-state index in [0.29, 0.717) is 11.0 Å². The molecular weight excluding hydrogens is 416 g/mol. The van der Waals surface area contributed by atoms with Crippen molar-refractivity contribution in [3.05, 3.63) is 70.5 Å². The minimum absolute atomic E-state index is 0.541. The predicted octanol–water partition coefficient (Wildman–Crippen LogP) is 5.38. The van der Waals surface area contributed by atoms with E-state index in [1.165, 1.54) is 0 Å². The van der Waals surface area contributed by atoms with E-state index in [1.54, 1.807) is 17.5 Å². The fraction of sp³-hybridized carbons (Fsp3) is 0.273. The fourth-order valence-corrected chi connectivity index (χ4v) is 4.20. The monoisotopic (exact) mass is 438 g/mol. The van der Waals surface area contributed by atoms with Gasteiger partial charge in [-0.25, -0.2) is 19.6 Å². The standard InChI is InChI=1S/C22H23ClN6S/c1-3-4-9-19-16(7-5-8-17-13-24-15-28(17)2)12-26-29(19)22-25-14-18(23)21(27-22)20-10-6-11-30-20/h5-7,10-15H,3-4,8-9H2,1-2H3/b7-5+. The van der Waals surface area contributed by atoms with Crippen LogP contribution >= 0.6 is 22.9 Å². The van der Waals surface area contributed by atoms with Crippen molar-refractivity contribution in [1.29, 1.82) is 0 Å². The van der Waals surface area contributed by atoms with E-state index in [2.05, 4.69) is 34.1 Å². The van der Waals surface area contributed by atoms with Crippen LogP contribution in [0, 0.1) is 0 Å². The van der Waals surface area contributed by atoms with Gasteiger partial charge in [0.1, 0.15) is 5.69 Å². The summed E-state index contributed by atoms with van der Waals surface area (Å²) in [6.45, 7) is 2.19. The Kier molecular flexibility index (Phi) is 6.40. The van der Waals surface area contributed by atoms with E-state index in [1.807, 2.05) is 52.5 Å². The topological polar surface area (TPSA) is 61.4 Å². The number of unbranched alkanes of at least 4 members (excludes halogenated alkanes) is 1. The lowest BCUT2D eigenvalue weighted by Gasteiger charge is -2.09. The molecule has 0 bridgehead atoms. The zero-order valence-electron chi connectivity index (χ0n) is 17.0. The molecule has 0 aromatic carbocycles. The minimum Gasteiger partial charge on any atom is -0.337 e. The molecule has 6 nitrogen and oxygen atoms in total. The quantitative estimate of drug-likeness (QED) is 0.370. The molecule has 0 aliphatic rings. The summed E-state index contributed by atoms with van der Waals surface area (Å²) in [4.78, 5) is 14.4. The number of aromatic nitrogens is 6. The fourth-order valence-electron chi connectivity index (χ4n) is 3.23. The highest BCUT2D eigenvalue weighted by Gasteiger charge is 2.15. The van der Waals surface area contributed by atoms with Gasteiger partial charge in [0.2, 0.25) is 0 Å². The largest absolute Gasteiger partial charge is 0.337 e. The number of allylic oxidation sites excluding steroid dienone is 1. The summed E-state index contributed by atoms with van der Waals surface area (Å²) >= 11 is 7.97. The Bertz CT molecular complexity index is 1140. The summed E-state index contributed by atoms with van der Waals surface area (Å²) in [6, 6.07) is 4.00. The third-order valence-electron chi connectivity index (χ3n) is 4.88. The van der Waals surface area contributed by atoms with Crippen LogP contribution in [0.25, 0.3) is 22.6 Å². The molecule has 154 valence electrons. The summed E-state index contributed by atoms with van der Waals surface area (Å²) in [7, 11) is 2.00. The molecule has 0 N–H and O–H groups in total. The first-order valence-electron chi connectivity index (χ1n) is 9.92. The zero-order chi connectivity index (χ0) is 20.9. The summed E-state index contributed by atoms with van der Waals surface area (Å²) in [6.07, 6.45) is 15.4. The van der Waals surface area contributed by atoms with Crippen LogP contribution in [0.5, 0.6) is 0 Å². The molecule has 0 aliphatic heterocycles. The highest BCUT2D eigenvalue weighted by Crippen LogP contribution is 2.30. The van der Waals surface area contributed by atoms with Crippen molar-refractivity contribution in [2.75, 3.05) is 0 Å². The molecule has 4 aromatic rings. The third kappa shape index (κ3) is 4.37. The van der Waals surface area contributed by atoms with Crippen molar-refractivity contribution in [3.8, 4) is 16.5 Å². The van der Waals surface area contributed by atoms with Gasteiger partial charge in [0, 0.05) is 30.9 Å². The van der Waals surface area contributed by atoms with Gasteiger partial charge in [0.15, 0.2) is 0 Å². The molecule has 30 heavy (non-hydrogen) atoms. The van der Waals surface area contributed by atoms with Crippen LogP contribution in [0.1, 0.15) is 36.7 Å². The molecule has 0 atom stereocenters. The molecule has 4 rings (SSSR count). The van der Waals surface area contributed by atoms with Gasteiger partial charge in [-0.1, -0.05) is 43.2 Å². The number of rotatable bonds is 8. The number of nitrogens with zero attached hydrogens (tertiary/aromatic N) is 6. The minimum atomic E-state index is 0.541. The van der Waals surface area contributed by atoms with Gasteiger partial charge in [-0.05, 0) is 24.3 Å². The molecule has 0 amide bonds. The first-order valence-corrected chi connectivity index (χ1v) is 11.2. The summed E-state index contributed by atoms with van der Waals surface area (Å²) in [5.41, 5.74) is 4.09. The van der Waals surface area contributed by atoms with Gasteiger partial charge in [-0.15, -0.1) is 11.3 Å². The van der Waals surface area contributed by atoms with Gasteiger partial charge >= 0.3 is 0 Å². The van der Waals surface area contributed by atoms with Crippen LogP contribution in [-0.2, 0) is 19.9 Å². The molecule has 0 spiro atoms. The number of hydrogen-bond donors (Lipinski definition) is 0. The lowest BCUT2D eigenvalue weighted by atomic mass is 10.1. The van der Waals surface area contributed by atoms with Crippen LogP contribution < -0.4 is 0 Å². The lowest BCUT2D eigenvalue weighted by Crippen LogP contribution is -2.08. The zero-order valence-corrected chi connectivity index (χ0v) is 18.6. The van der Waals surface area contributed by atoms with Gasteiger partial charge in [-0.3, -0.25) is 0 Å². The maximum Gasteiger partial charge on any atom is 0.251 e. The first kappa shape index (κ1) is 20.5. The Morgan fingerprint density at radius 3 is 2.87 bits per heavy atom. The van der Waals surface area contributed by atoms with Gasteiger partial charge in [0.25, 0.3) is 5.95 Å². The van der Waals surface area contributed by atoms with E-state index < -0.39 is 0 Å². The number of imidazole rings is 1. The van der Waals surface area contributed by atoms with Crippen LogP contribution in [0.4, 0.5) is 0 Å². The second kappa shape index (κ2) is 9.36. The second-order valence-corrected chi connectivity index (χ2v) is 8.36. The van der Waals surface area contributed by atoms with Gasteiger partial charge in [-0.2, -0.15) is 5.10 Å². The van der Waals surface area contributed by atoms with Crippen molar-refractivity contribution < 1.29 is 0 Å². The molecule has 0 unspecified atom stereocenters. The molecule has 0 saturated heterocycles. The van der Waals surface area contributed by atoms with E-state index in [-0.39, 0.29) is 0 Å². The summed E-state index contributed by atoms with van der Waals surface area (Å²) in [5, 5.41) is 7.16. The molecule has 0 fully saturated rings. The van der Waals surface area contributed by atoms with E-state index >= 15 is 0 Å². The lowest BCUT2D eigenvalue weighted by molar-refractivity contribution is 0.706. The molecule has 0 saturated carbocycles. The van der Waals surface area contributed by atoms with Crippen LogP contribution in [0.15, 0.2) is 48.5 Å². The average Bonchev–Trinajstić information content (AvgIpc) is 3.49. The van der Waals surface area contributed by atoms with Crippen LogP contribution in [0.2, 0.25) is 5.02 Å². The summed E-state index contributed by atoms with van der Waals surface area (Å²) in [5.74, 6) is 0.542. The Morgan fingerprint density at radius 2 is 2.13 bits per heavy atom. The SMILES string of the molecule is CCCCc1c(/C=C/Cc2cncn2C)cnn1-c1ncc(Cl)c(-c2cccs2)n1. The summed E-state index contributed by atoms with van der Waals surface area (Å²) < 4.78 is 3.87. The number of hydrogen-bond acceptors (Lipinski definition) is 5. The van der Waals surface area contributed by atoms with Crippen LogP contribution in [-0.4, -0.2) is 29.3 Å². The third-order valence-corrected chi connectivity index (χ3v) is 6.04. The van der Waals surface area contributed by atoms with Crippen molar-refractivity contribution in [1.82, 2.24) is 29.3 Å². The normalized spacial score (nSPS) is 11.6. The Balaban J connectivity index is 1.67. The average molecular weight is 439 g/mol. The van der Waals surface area contributed by atoms with Crippen molar-refractivity contribution >= 4 is 29.0 Å². The van der Waals surface area contributed by atoms with Gasteiger partial charge in [0.05, 0.1) is 34.3 Å².